The van der Waals surface area contributed by atoms with Crippen molar-refractivity contribution in [2.75, 3.05) is 0 Å². The van der Waals surface area contributed by atoms with E-state index in [0.29, 0.717) is 0 Å². The average molecular weight is 247 g/mol. The SMILES string of the molecule is CC1CCCC(Cc2ccncc2)CC1.CC=O. The van der Waals surface area contributed by atoms with Crippen LogP contribution in [0.1, 0.15) is 51.5 Å². The minimum atomic E-state index is 0.750. The van der Waals surface area contributed by atoms with Crippen LogP contribution in [0, 0.1) is 11.8 Å². The van der Waals surface area contributed by atoms with Crippen molar-refractivity contribution in [3.05, 3.63) is 30.1 Å². The highest BCUT2D eigenvalue weighted by molar-refractivity contribution is 5.44. The number of rotatable bonds is 2. The molecule has 1 heterocycles. The molecular formula is C16H25NO. The molecule has 1 aromatic rings. The van der Waals surface area contributed by atoms with Crippen molar-refractivity contribution in [3.63, 3.8) is 0 Å². The molecule has 1 aromatic heterocycles. The van der Waals surface area contributed by atoms with E-state index < -0.39 is 0 Å². The maximum Gasteiger partial charge on any atom is 0.116 e. The van der Waals surface area contributed by atoms with Crippen LogP contribution in [0.2, 0.25) is 0 Å². The first kappa shape index (κ1) is 14.9. The van der Waals surface area contributed by atoms with Crippen molar-refractivity contribution in [2.45, 2.75) is 52.4 Å². The summed E-state index contributed by atoms with van der Waals surface area (Å²) in [5, 5.41) is 0. The van der Waals surface area contributed by atoms with E-state index >= 15 is 0 Å². The Morgan fingerprint density at radius 1 is 1.22 bits per heavy atom. The average Bonchev–Trinajstić information content (AvgIpc) is 2.57. The predicted molar refractivity (Wildman–Crippen MR) is 75.4 cm³/mol. The molecule has 0 N–H and O–H groups in total. The number of aldehydes is 1. The van der Waals surface area contributed by atoms with Gasteiger partial charge in [-0.05, 0) is 49.3 Å². The summed E-state index contributed by atoms with van der Waals surface area (Å²) in [7, 11) is 0. The quantitative estimate of drug-likeness (QED) is 0.583. The van der Waals surface area contributed by atoms with Gasteiger partial charge in [-0.3, -0.25) is 4.98 Å². The van der Waals surface area contributed by atoms with Crippen LogP contribution in [-0.4, -0.2) is 11.3 Å². The number of carbonyl (C=O) groups is 1. The Bertz CT molecular complexity index is 323. The van der Waals surface area contributed by atoms with Gasteiger partial charge in [-0.25, -0.2) is 0 Å². The van der Waals surface area contributed by atoms with Crippen LogP contribution >= 0.6 is 0 Å². The van der Waals surface area contributed by atoms with Crippen molar-refractivity contribution >= 4 is 6.29 Å². The molecular weight excluding hydrogens is 222 g/mol. The van der Waals surface area contributed by atoms with E-state index in [2.05, 4.69) is 24.0 Å². The summed E-state index contributed by atoms with van der Waals surface area (Å²) in [6.07, 6.45) is 13.0. The Hall–Kier alpha value is -1.18. The molecule has 2 nitrogen and oxygen atoms in total. The van der Waals surface area contributed by atoms with Gasteiger partial charge < -0.3 is 4.79 Å². The molecule has 0 saturated heterocycles. The standard InChI is InChI=1S/C14H21N.C2H4O/c1-12-3-2-4-13(6-5-12)11-14-7-9-15-10-8-14;1-2-3/h7-10,12-13H,2-6,11H2,1H3;2H,1H3. The summed E-state index contributed by atoms with van der Waals surface area (Å²) in [5.74, 6) is 1.87. The highest BCUT2D eigenvalue weighted by atomic mass is 16.1. The van der Waals surface area contributed by atoms with Crippen LogP contribution in [0.25, 0.3) is 0 Å². The van der Waals surface area contributed by atoms with E-state index in [9.17, 15) is 0 Å². The van der Waals surface area contributed by atoms with Gasteiger partial charge in [0.05, 0.1) is 0 Å². The first-order chi connectivity index (χ1) is 8.76. The minimum absolute atomic E-state index is 0.750. The normalized spacial score (nSPS) is 23.4. The van der Waals surface area contributed by atoms with Gasteiger partial charge in [0.2, 0.25) is 0 Å². The first-order valence-electron chi connectivity index (χ1n) is 7.05. The largest absolute Gasteiger partial charge is 0.304 e. The van der Waals surface area contributed by atoms with E-state index in [1.165, 1.54) is 51.0 Å². The van der Waals surface area contributed by atoms with E-state index in [-0.39, 0.29) is 0 Å². The number of pyridine rings is 1. The van der Waals surface area contributed by atoms with E-state index in [1.807, 2.05) is 12.4 Å². The van der Waals surface area contributed by atoms with Crippen molar-refractivity contribution in [3.8, 4) is 0 Å². The molecule has 0 bridgehead atoms. The van der Waals surface area contributed by atoms with Gasteiger partial charge in [0.15, 0.2) is 0 Å². The summed E-state index contributed by atoms with van der Waals surface area (Å²) < 4.78 is 0. The molecule has 0 aliphatic heterocycles. The summed E-state index contributed by atoms with van der Waals surface area (Å²) in [5.41, 5.74) is 1.46. The van der Waals surface area contributed by atoms with E-state index in [4.69, 9.17) is 4.79 Å². The third-order valence-electron chi connectivity index (χ3n) is 3.65. The zero-order valence-corrected chi connectivity index (χ0v) is 11.6. The van der Waals surface area contributed by atoms with Crippen LogP contribution < -0.4 is 0 Å². The number of nitrogens with zero attached hydrogens (tertiary/aromatic N) is 1. The number of aromatic nitrogens is 1. The molecule has 2 heteroatoms. The molecule has 0 spiro atoms. The number of carbonyl (C=O) groups excluding carboxylic acids is 1. The van der Waals surface area contributed by atoms with Crippen molar-refractivity contribution in [1.29, 1.82) is 0 Å². The molecule has 18 heavy (non-hydrogen) atoms. The molecule has 1 aliphatic rings. The third kappa shape index (κ3) is 5.95. The third-order valence-corrected chi connectivity index (χ3v) is 3.65. The lowest BCUT2D eigenvalue weighted by atomic mass is 9.92. The van der Waals surface area contributed by atoms with Crippen LogP contribution in [0.3, 0.4) is 0 Å². The fourth-order valence-corrected chi connectivity index (χ4v) is 2.62. The lowest BCUT2D eigenvalue weighted by Crippen LogP contribution is -2.03. The molecule has 0 radical (unpaired) electrons. The van der Waals surface area contributed by atoms with Gasteiger partial charge in [0, 0.05) is 12.4 Å². The van der Waals surface area contributed by atoms with Crippen LogP contribution in [0.5, 0.6) is 0 Å². The summed E-state index contributed by atoms with van der Waals surface area (Å²) in [6, 6.07) is 4.32. The van der Waals surface area contributed by atoms with Crippen LogP contribution in [-0.2, 0) is 11.2 Å². The maximum absolute atomic E-state index is 8.81. The summed E-state index contributed by atoms with van der Waals surface area (Å²) in [6.45, 7) is 3.84. The van der Waals surface area contributed by atoms with Gasteiger partial charge in [0.1, 0.15) is 6.29 Å². The fourth-order valence-electron chi connectivity index (χ4n) is 2.62. The molecule has 2 unspecified atom stereocenters. The summed E-state index contributed by atoms with van der Waals surface area (Å²) >= 11 is 0. The second-order valence-corrected chi connectivity index (χ2v) is 5.27. The molecule has 100 valence electrons. The fraction of sp³-hybridized carbons (Fsp3) is 0.625. The molecule has 1 fully saturated rings. The topological polar surface area (TPSA) is 30.0 Å². The second-order valence-electron chi connectivity index (χ2n) is 5.27. The number of hydrogen-bond donors (Lipinski definition) is 0. The Labute approximate surface area is 111 Å². The Balaban J connectivity index is 0.000000492. The van der Waals surface area contributed by atoms with Gasteiger partial charge in [-0.2, -0.15) is 0 Å². The monoisotopic (exact) mass is 247 g/mol. The second kappa shape index (κ2) is 8.84. The van der Waals surface area contributed by atoms with E-state index in [0.717, 1.165) is 18.1 Å². The van der Waals surface area contributed by atoms with Crippen LogP contribution in [0.15, 0.2) is 24.5 Å². The molecule has 2 rings (SSSR count). The Morgan fingerprint density at radius 3 is 2.56 bits per heavy atom. The summed E-state index contributed by atoms with van der Waals surface area (Å²) in [4.78, 5) is 12.9. The van der Waals surface area contributed by atoms with Crippen molar-refractivity contribution in [1.82, 2.24) is 4.98 Å². The smallest absolute Gasteiger partial charge is 0.116 e. The first-order valence-corrected chi connectivity index (χ1v) is 7.05. The molecule has 2 atom stereocenters. The minimum Gasteiger partial charge on any atom is -0.304 e. The molecule has 1 saturated carbocycles. The van der Waals surface area contributed by atoms with Gasteiger partial charge >= 0.3 is 0 Å². The molecule has 0 amide bonds. The zero-order valence-electron chi connectivity index (χ0n) is 11.6. The highest BCUT2D eigenvalue weighted by Crippen LogP contribution is 2.28. The van der Waals surface area contributed by atoms with Gasteiger partial charge in [-0.15, -0.1) is 0 Å². The highest BCUT2D eigenvalue weighted by Gasteiger charge is 2.16. The van der Waals surface area contributed by atoms with Gasteiger partial charge in [-0.1, -0.05) is 32.6 Å². The Morgan fingerprint density at radius 2 is 1.89 bits per heavy atom. The van der Waals surface area contributed by atoms with Gasteiger partial charge in [0.25, 0.3) is 0 Å². The molecule has 1 aliphatic carbocycles. The Kier molecular flexibility index (Phi) is 7.31. The van der Waals surface area contributed by atoms with Crippen molar-refractivity contribution in [2.24, 2.45) is 11.8 Å². The zero-order chi connectivity index (χ0) is 13.2. The van der Waals surface area contributed by atoms with E-state index in [1.54, 1.807) is 0 Å². The predicted octanol–water partition coefficient (Wildman–Crippen LogP) is 4.05. The number of hydrogen-bond acceptors (Lipinski definition) is 2. The lowest BCUT2D eigenvalue weighted by Gasteiger charge is -2.13. The lowest BCUT2D eigenvalue weighted by molar-refractivity contribution is -0.106. The maximum atomic E-state index is 8.81. The van der Waals surface area contributed by atoms with Crippen molar-refractivity contribution < 1.29 is 4.79 Å². The van der Waals surface area contributed by atoms with Crippen LogP contribution in [0.4, 0.5) is 0 Å². The molecule has 0 aromatic carbocycles.